The minimum absolute atomic E-state index is 0.575. The number of hydrogen-bond donors (Lipinski definition) is 2. The van der Waals surface area contributed by atoms with Crippen LogP contribution < -0.4 is 16.4 Å². The Balaban J connectivity index is 1.91. The van der Waals surface area contributed by atoms with Crippen LogP contribution in [-0.2, 0) is 0 Å². The number of pyridine rings is 1. The summed E-state index contributed by atoms with van der Waals surface area (Å²) in [4.78, 5) is 8.84. The van der Waals surface area contributed by atoms with Gasteiger partial charge in [-0.2, -0.15) is 0 Å². The molecule has 16 heavy (non-hydrogen) atoms. The zero-order valence-electron chi connectivity index (χ0n) is 9.47. The van der Waals surface area contributed by atoms with Gasteiger partial charge in [0.15, 0.2) is 0 Å². The third-order valence-corrected chi connectivity index (χ3v) is 2.95. The Labute approximate surface area is 96.0 Å². The summed E-state index contributed by atoms with van der Waals surface area (Å²) in [6.07, 6.45) is 1.84. The van der Waals surface area contributed by atoms with Gasteiger partial charge in [-0.1, -0.05) is 0 Å². The van der Waals surface area contributed by atoms with Crippen molar-refractivity contribution in [3.8, 4) is 0 Å². The number of piperazine rings is 1. The molecular weight excluding hydrogens is 202 g/mol. The second kappa shape index (κ2) is 5.14. The molecule has 0 aliphatic carbocycles. The summed E-state index contributed by atoms with van der Waals surface area (Å²) < 4.78 is 0. The van der Waals surface area contributed by atoms with E-state index in [2.05, 4.69) is 14.8 Å². The molecule has 0 unspecified atom stereocenters. The second-order valence-corrected chi connectivity index (χ2v) is 4.06. The Morgan fingerprint density at radius 2 is 1.94 bits per heavy atom. The fourth-order valence-electron chi connectivity index (χ4n) is 2.00. The molecule has 0 radical (unpaired) electrons. The van der Waals surface area contributed by atoms with Crippen LogP contribution in [0.15, 0.2) is 18.3 Å². The smallest absolute Gasteiger partial charge is 0.123 e. The molecule has 0 amide bonds. The van der Waals surface area contributed by atoms with Crippen molar-refractivity contribution >= 4 is 11.5 Å². The molecule has 5 heteroatoms. The number of hydrogen-bond acceptors (Lipinski definition) is 5. The van der Waals surface area contributed by atoms with E-state index in [0.717, 1.165) is 45.0 Å². The lowest BCUT2D eigenvalue weighted by molar-refractivity contribution is 0.265. The summed E-state index contributed by atoms with van der Waals surface area (Å²) in [6, 6.07) is 3.88. The van der Waals surface area contributed by atoms with Crippen LogP contribution in [0.2, 0.25) is 0 Å². The van der Waals surface area contributed by atoms with Crippen molar-refractivity contribution in [1.29, 1.82) is 0 Å². The molecule has 0 bridgehead atoms. The average molecular weight is 221 g/mol. The van der Waals surface area contributed by atoms with E-state index in [1.54, 1.807) is 0 Å². The van der Waals surface area contributed by atoms with Gasteiger partial charge < -0.3 is 16.4 Å². The standard InChI is InChI=1S/C11H19N5/c12-3-4-15-5-7-16(8-6-15)10-1-2-11(13)14-9-10/h1-2,9H,3-8,12H2,(H2,13,14). The molecule has 0 spiro atoms. The lowest BCUT2D eigenvalue weighted by Gasteiger charge is -2.35. The molecule has 0 saturated carbocycles. The van der Waals surface area contributed by atoms with Crippen molar-refractivity contribution in [1.82, 2.24) is 9.88 Å². The first-order valence-electron chi connectivity index (χ1n) is 5.68. The summed E-state index contributed by atoms with van der Waals surface area (Å²) in [6.45, 7) is 5.94. The largest absolute Gasteiger partial charge is 0.384 e. The molecule has 1 aromatic rings. The van der Waals surface area contributed by atoms with E-state index < -0.39 is 0 Å². The Morgan fingerprint density at radius 3 is 2.50 bits per heavy atom. The SMILES string of the molecule is NCCN1CCN(c2ccc(N)nc2)CC1. The lowest BCUT2D eigenvalue weighted by Crippen LogP contribution is -2.47. The predicted molar refractivity (Wildman–Crippen MR) is 66.4 cm³/mol. The fraction of sp³-hybridized carbons (Fsp3) is 0.545. The van der Waals surface area contributed by atoms with E-state index in [1.165, 1.54) is 0 Å². The summed E-state index contributed by atoms with van der Waals surface area (Å²) in [7, 11) is 0. The van der Waals surface area contributed by atoms with Gasteiger partial charge in [-0.05, 0) is 12.1 Å². The third kappa shape index (κ3) is 2.62. The van der Waals surface area contributed by atoms with Crippen LogP contribution in [0.3, 0.4) is 0 Å². The van der Waals surface area contributed by atoms with Crippen LogP contribution >= 0.6 is 0 Å². The van der Waals surface area contributed by atoms with Crippen LogP contribution in [0.4, 0.5) is 11.5 Å². The second-order valence-electron chi connectivity index (χ2n) is 4.06. The number of nitrogens with zero attached hydrogens (tertiary/aromatic N) is 3. The van der Waals surface area contributed by atoms with Crippen LogP contribution in [-0.4, -0.2) is 49.2 Å². The van der Waals surface area contributed by atoms with Crippen LogP contribution in [0, 0.1) is 0 Å². The zero-order valence-corrected chi connectivity index (χ0v) is 9.47. The van der Waals surface area contributed by atoms with Gasteiger partial charge in [0.2, 0.25) is 0 Å². The number of aromatic nitrogens is 1. The molecule has 2 rings (SSSR count). The first-order chi connectivity index (χ1) is 7.79. The van der Waals surface area contributed by atoms with Gasteiger partial charge in [-0.15, -0.1) is 0 Å². The number of nitrogens with two attached hydrogens (primary N) is 2. The van der Waals surface area contributed by atoms with Crippen molar-refractivity contribution in [2.45, 2.75) is 0 Å². The first kappa shape index (κ1) is 11.2. The fourth-order valence-corrected chi connectivity index (χ4v) is 2.00. The summed E-state index contributed by atoms with van der Waals surface area (Å²) in [5.74, 6) is 0.575. The van der Waals surface area contributed by atoms with E-state index in [-0.39, 0.29) is 0 Å². The van der Waals surface area contributed by atoms with Gasteiger partial charge in [-0.3, -0.25) is 4.90 Å². The number of nitrogen functional groups attached to an aromatic ring is 1. The molecule has 2 heterocycles. The Kier molecular flexibility index (Phi) is 3.58. The minimum Gasteiger partial charge on any atom is -0.384 e. The van der Waals surface area contributed by atoms with Crippen molar-refractivity contribution in [2.75, 3.05) is 49.9 Å². The first-order valence-corrected chi connectivity index (χ1v) is 5.68. The van der Waals surface area contributed by atoms with E-state index in [9.17, 15) is 0 Å². The molecule has 1 aromatic heterocycles. The third-order valence-electron chi connectivity index (χ3n) is 2.95. The molecule has 5 nitrogen and oxygen atoms in total. The Bertz CT molecular complexity index is 316. The molecule has 0 atom stereocenters. The lowest BCUT2D eigenvalue weighted by atomic mass is 10.2. The highest BCUT2D eigenvalue weighted by atomic mass is 15.3. The van der Waals surface area contributed by atoms with Gasteiger partial charge in [-0.25, -0.2) is 4.98 Å². The Hall–Kier alpha value is -1.33. The quantitative estimate of drug-likeness (QED) is 0.736. The molecule has 1 saturated heterocycles. The molecule has 88 valence electrons. The van der Waals surface area contributed by atoms with Gasteiger partial charge in [0.25, 0.3) is 0 Å². The van der Waals surface area contributed by atoms with E-state index in [1.807, 2.05) is 18.3 Å². The van der Waals surface area contributed by atoms with Gasteiger partial charge in [0, 0.05) is 39.3 Å². The highest BCUT2D eigenvalue weighted by Crippen LogP contribution is 2.15. The van der Waals surface area contributed by atoms with Gasteiger partial charge in [0.05, 0.1) is 11.9 Å². The van der Waals surface area contributed by atoms with Crippen molar-refractivity contribution < 1.29 is 0 Å². The van der Waals surface area contributed by atoms with E-state index in [4.69, 9.17) is 11.5 Å². The maximum absolute atomic E-state index is 5.57. The molecule has 1 aliphatic rings. The van der Waals surface area contributed by atoms with Crippen LogP contribution in [0.1, 0.15) is 0 Å². The topological polar surface area (TPSA) is 71.4 Å². The zero-order chi connectivity index (χ0) is 11.4. The monoisotopic (exact) mass is 221 g/mol. The summed E-state index contributed by atoms with van der Waals surface area (Å²) >= 11 is 0. The highest BCUT2D eigenvalue weighted by Gasteiger charge is 2.16. The minimum atomic E-state index is 0.575. The van der Waals surface area contributed by atoms with E-state index >= 15 is 0 Å². The molecule has 1 fully saturated rings. The van der Waals surface area contributed by atoms with Crippen LogP contribution in [0.5, 0.6) is 0 Å². The summed E-state index contributed by atoms with van der Waals surface area (Å²) in [5, 5.41) is 0. The number of rotatable bonds is 3. The maximum Gasteiger partial charge on any atom is 0.123 e. The molecule has 0 aromatic carbocycles. The van der Waals surface area contributed by atoms with Crippen molar-refractivity contribution in [2.24, 2.45) is 5.73 Å². The Morgan fingerprint density at radius 1 is 1.19 bits per heavy atom. The maximum atomic E-state index is 5.57. The number of anilines is 2. The highest BCUT2D eigenvalue weighted by molar-refractivity contribution is 5.48. The molecular formula is C11H19N5. The van der Waals surface area contributed by atoms with Gasteiger partial charge in [0.1, 0.15) is 5.82 Å². The normalized spacial score (nSPS) is 17.7. The molecule has 4 N–H and O–H groups in total. The van der Waals surface area contributed by atoms with Crippen molar-refractivity contribution in [3.63, 3.8) is 0 Å². The predicted octanol–water partition coefficient (Wildman–Crippen LogP) is -0.255. The van der Waals surface area contributed by atoms with Crippen LogP contribution in [0.25, 0.3) is 0 Å². The van der Waals surface area contributed by atoms with Gasteiger partial charge >= 0.3 is 0 Å². The van der Waals surface area contributed by atoms with E-state index in [0.29, 0.717) is 5.82 Å². The average Bonchev–Trinajstić information content (AvgIpc) is 2.32. The summed E-state index contributed by atoms with van der Waals surface area (Å²) in [5.41, 5.74) is 12.3. The molecule has 1 aliphatic heterocycles. The van der Waals surface area contributed by atoms with Crippen molar-refractivity contribution in [3.05, 3.63) is 18.3 Å².